The fourth-order valence-corrected chi connectivity index (χ4v) is 3.57. The molecule has 25 heavy (non-hydrogen) atoms. The van der Waals surface area contributed by atoms with E-state index in [1.54, 1.807) is 0 Å². The lowest BCUT2D eigenvalue weighted by atomic mass is 9.96. The third kappa shape index (κ3) is 4.83. The van der Waals surface area contributed by atoms with Crippen molar-refractivity contribution in [1.82, 2.24) is 4.90 Å². The summed E-state index contributed by atoms with van der Waals surface area (Å²) in [6.07, 6.45) is 2.93. The molecule has 0 radical (unpaired) electrons. The minimum Gasteiger partial charge on any atom is -0.326 e. The number of aryl methyl sites for hydroxylation is 1. The molecule has 1 atom stereocenters. The lowest BCUT2D eigenvalue weighted by Gasteiger charge is -2.32. The van der Waals surface area contributed by atoms with Crippen molar-refractivity contribution in [2.75, 3.05) is 18.4 Å². The monoisotopic (exact) mass is 356 g/mol. The van der Waals surface area contributed by atoms with E-state index in [4.69, 9.17) is 11.6 Å². The Morgan fingerprint density at radius 3 is 2.72 bits per heavy atom. The first-order valence-corrected chi connectivity index (χ1v) is 9.39. The number of halogens is 1. The molecule has 1 saturated heterocycles. The van der Waals surface area contributed by atoms with Crippen LogP contribution in [0.5, 0.6) is 0 Å². The van der Waals surface area contributed by atoms with Gasteiger partial charge in [0.15, 0.2) is 0 Å². The molecule has 1 aliphatic heterocycles. The maximum absolute atomic E-state index is 12.7. The van der Waals surface area contributed by atoms with Crippen molar-refractivity contribution in [3.05, 3.63) is 64.7 Å². The van der Waals surface area contributed by atoms with Gasteiger partial charge in [0.25, 0.3) is 0 Å². The van der Waals surface area contributed by atoms with Crippen LogP contribution in [0.4, 0.5) is 5.69 Å². The van der Waals surface area contributed by atoms with Crippen molar-refractivity contribution in [1.29, 1.82) is 0 Å². The Balaban J connectivity index is 1.60. The summed E-state index contributed by atoms with van der Waals surface area (Å²) in [5, 5.41) is 3.90. The highest BCUT2D eigenvalue weighted by Gasteiger charge is 2.26. The van der Waals surface area contributed by atoms with Gasteiger partial charge in [0.05, 0.1) is 5.92 Å². The van der Waals surface area contributed by atoms with Crippen molar-refractivity contribution >= 4 is 23.2 Å². The molecule has 2 aromatic rings. The van der Waals surface area contributed by atoms with Crippen LogP contribution >= 0.6 is 11.6 Å². The van der Waals surface area contributed by atoms with Gasteiger partial charge in [0.2, 0.25) is 5.91 Å². The van der Waals surface area contributed by atoms with E-state index in [0.717, 1.165) is 49.6 Å². The molecule has 1 amide bonds. The lowest BCUT2D eigenvalue weighted by Crippen LogP contribution is -2.40. The van der Waals surface area contributed by atoms with E-state index in [2.05, 4.69) is 35.3 Å². The molecule has 0 unspecified atom stereocenters. The van der Waals surface area contributed by atoms with E-state index in [1.807, 2.05) is 30.3 Å². The average molecular weight is 357 g/mol. The first-order valence-electron chi connectivity index (χ1n) is 9.01. The number of amides is 1. The van der Waals surface area contributed by atoms with Crippen LogP contribution in [-0.4, -0.2) is 23.9 Å². The number of likely N-dealkylation sites (tertiary alicyclic amines) is 1. The SMILES string of the molecule is CCc1ccccc1NC(=O)[C@@H]1CCCN(Cc2ccc(Cl)cc2)C1. The number of carbonyl (C=O) groups is 1. The van der Waals surface area contributed by atoms with E-state index in [0.29, 0.717) is 0 Å². The van der Waals surface area contributed by atoms with E-state index < -0.39 is 0 Å². The zero-order chi connectivity index (χ0) is 17.6. The summed E-state index contributed by atoms with van der Waals surface area (Å²) in [5.74, 6) is 0.188. The quantitative estimate of drug-likeness (QED) is 0.838. The third-order valence-corrected chi connectivity index (χ3v) is 5.10. The van der Waals surface area contributed by atoms with Gasteiger partial charge >= 0.3 is 0 Å². The number of benzene rings is 2. The van der Waals surface area contributed by atoms with Crippen molar-refractivity contribution in [3.63, 3.8) is 0 Å². The van der Waals surface area contributed by atoms with Crippen LogP contribution in [0.1, 0.15) is 30.9 Å². The first kappa shape index (κ1) is 18.0. The Labute approximate surface area is 155 Å². The number of hydrogen-bond donors (Lipinski definition) is 1. The van der Waals surface area contributed by atoms with Crippen LogP contribution in [0.3, 0.4) is 0 Å². The summed E-state index contributed by atoms with van der Waals surface area (Å²) < 4.78 is 0. The van der Waals surface area contributed by atoms with Crippen LogP contribution in [0.2, 0.25) is 5.02 Å². The van der Waals surface area contributed by atoms with Gasteiger partial charge in [-0.05, 0) is 55.1 Å². The molecule has 1 aliphatic rings. The molecule has 0 bridgehead atoms. The topological polar surface area (TPSA) is 32.3 Å². The average Bonchev–Trinajstić information content (AvgIpc) is 2.64. The maximum Gasteiger partial charge on any atom is 0.228 e. The molecular weight excluding hydrogens is 332 g/mol. The number of anilines is 1. The summed E-state index contributed by atoms with van der Waals surface area (Å²) in [6.45, 7) is 4.83. The minimum atomic E-state index is 0.0472. The smallest absolute Gasteiger partial charge is 0.228 e. The summed E-state index contributed by atoms with van der Waals surface area (Å²) in [7, 11) is 0. The maximum atomic E-state index is 12.7. The number of piperidine rings is 1. The number of hydrogen-bond acceptors (Lipinski definition) is 2. The van der Waals surface area contributed by atoms with Crippen LogP contribution in [0.25, 0.3) is 0 Å². The van der Waals surface area contributed by atoms with Crippen LogP contribution in [0.15, 0.2) is 48.5 Å². The summed E-state index contributed by atoms with van der Waals surface area (Å²) in [5.41, 5.74) is 3.37. The molecule has 2 aromatic carbocycles. The highest BCUT2D eigenvalue weighted by Crippen LogP contribution is 2.22. The zero-order valence-electron chi connectivity index (χ0n) is 14.7. The van der Waals surface area contributed by atoms with Crippen molar-refractivity contribution in [3.8, 4) is 0 Å². The Morgan fingerprint density at radius 1 is 1.20 bits per heavy atom. The predicted molar refractivity (Wildman–Crippen MR) is 104 cm³/mol. The lowest BCUT2D eigenvalue weighted by molar-refractivity contribution is -0.121. The molecular formula is C21H25ClN2O. The Morgan fingerprint density at radius 2 is 1.96 bits per heavy atom. The van der Waals surface area contributed by atoms with Crippen LogP contribution in [0, 0.1) is 5.92 Å². The molecule has 0 aliphatic carbocycles. The van der Waals surface area contributed by atoms with Crippen LogP contribution < -0.4 is 5.32 Å². The Bertz CT molecular complexity index is 714. The van der Waals surface area contributed by atoms with Gasteiger partial charge in [-0.3, -0.25) is 9.69 Å². The van der Waals surface area contributed by atoms with Gasteiger partial charge < -0.3 is 5.32 Å². The normalized spacial score (nSPS) is 18.1. The predicted octanol–water partition coefficient (Wildman–Crippen LogP) is 4.75. The van der Waals surface area contributed by atoms with Crippen molar-refractivity contribution in [2.45, 2.75) is 32.7 Å². The molecule has 132 valence electrons. The summed E-state index contributed by atoms with van der Waals surface area (Å²) >= 11 is 5.95. The zero-order valence-corrected chi connectivity index (χ0v) is 15.4. The van der Waals surface area contributed by atoms with Gasteiger partial charge in [0.1, 0.15) is 0 Å². The van der Waals surface area contributed by atoms with Gasteiger partial charge in [-0.2, -0.15) is 0 Å². The number of para-hydroxylation sites is 1. The standard InChI is InChI=1S/C21H25ClN2O/c1-2-17-6-3-4-8-20(17)23-21(25)18-7-5-13-24(15-18)14-16-9-11-19(22)12-10-16/h3-4,6,8-12,18H,2,5,7,13-15H2,1H3,(H,23,25)/t18-/m1/s1. The second-order valence-corrected chi connectivity index (χ2v) is 7.14. The fourth-order valence-electron chi connectivity index (χ4n) is 3.45. The minimum absolute atomic E-state index is 0.0472. The molecule has 4 heteroatoms. The Kier molecular flexibility index (Phi) is 6.11. The summed E-state index contributed by atoms with van der Waals surface area (Å²) in [6, 6.07) is 16.0. The van der Waals surface area contributed by atoms with Crippen molar-refractivity contribution < 1.29 is 4.79 Å². The van der Waals surface area contributed by atoms with Gasteiger partial charge in [-0.1, -0.05) is 48.9 Å². The first-order chi connectivity index (χ1) is 12.2. The molecule has 0 spiro atoms. The highest BCUT2D eigenvalue weighted by atomic mass is 35.5. The second kappa shape index (κ2) is 8.50. The number of nitrogens with one attached hydrogen (secondary N) is 1. The fraction of sp³-hybridized carbons (Fsp3) is 0.381. The number of carbonyl (C=O) groups excluding carboxylic acids is 1. The van der Waals surface area contributed by atoms with Gasteiger partial charge in [-0.25, -0.2) is 0 Å². The third-order valence-electron chi connectivity index (χ3n) is 4.85. The summed E-state index contributed by atoms with van der Waals surface area (Å²) in [4.78, 5) is 15.1. The number of nitrogens with zero attached hydrogens (tertiary/aromatic N) is 1. The van der Waals surface area contributed by atoms with Gasteiger partial charge in [0, 0.05) is 23.8 Å². The van der Waals surface area contributed by atoms with E-state index in [-0.39, 0.29) is 11.8 Å². The van der Waals surface area contributed by atoms with E-state index in [1.165, 1.54) is 11.1 Å². The Hall–Kier alpha value is -1.84. The van der Waals surface area contributed by atoms with Crippen molar-refractivity contribution in [2.24, 2.45) is 5.92 Å². The van der Waals surface area contributed by atoms with Crippen LogP contribution in [-0.2, 0) is 17.8 Å². The molecule has 3 rings (SSSR count). The van der Waals surface area contributed by atoms with E-state index in [9.17, 15) is 4.79 Å². The number of rotatable bonds is 5. The van der Waals surface area contributed by atoms with Gasteiger partial charge in [-0.15, -0.1) is 0 Å². The van der Waals surface area contributed by atoms with E-state index >= 15 is 0 Å². The molecule has 1 heterocycles. The second-order valence-electron chi connectivity index (χ2n) is 6.70. The molecule has 0 saturated carbocycles. The molecule has 1 N–H and O–H groups in total. The largest absolute Gasteiger partial charge is 0.326 e. The molecule has 3 nitrogen and oxygen atoms in total. The molecule has 1 fully saturated rings. The molecule has 0 aromatic heterocycles. The highest BCUT2D eigenvalue weighted by molar-refractivity contribution is 6.30.